The van der Waals surface area contributed by atoms with Gasteiger partial charge in [-0.3, -0.25) is 15.0 Å². The lowest BCUT2D eigenvalue weighted by Crippen LogP contribution is -2.30. The maximum Gasteiger partial charge on any atom is 0.270 e. The molecule has 2 heterocycles. The first-order valence-corrected chi connectivity index (χ1v) is 11.0. The number of H-pyrrole nitrogens is 1. The Kier molecular flexibility index (Phi) is 5.40. The molecule has 7 nitrogen and oxygen atoms in total. The lowest BCUT2D eigenvalue weighted by atomic mass is 9.98. The van der Waals surface area contributed by atoms with Crippen molar-refractivity contribution < 1.29 is 10.0 Å². The fourth-order valence-corrected chi connectivity index (χ4v) is 4.45. The molecule has 0 saturated carbocycles. The number of aromatic amines is 1. The highest BCUT2D eigenvalue weighted by Gasteiger charge is 2.21. The molecule has 0 aliphatic carbocycles. The predicted octanol–water partition coefficient (Wildman–Crippen LogP) is 5.33. The van der Waals surface area contributed by atoms with Crippen molar-refractivity contribution in [2.45, 2.75) is 19.9 Å². The fourth-order valence-electron chi connectivity index (χ4n) is 4.45. The molecule has 0 fully saturated rings. The number of non-ortho nitro benzene ring substituents is 1. The highest BCUT2D eigenvalue weighted by Crippen LogP contribution is 2.34. The van der Waals surface area contributed by atoms with Crippen molar-refractivity contribution in [2.24, 2.45) is 4.99 Å². The lowest BCUT2D eigenvalue weighted by Gasteiger charge is -2.27. The third-order valence-corrected chi connectivity index (χ3v) is 6.23. The van der Waals surface area contributed by atoms with Crippen molar-refractivity contribution in [3.05, 3.63) is 99.1 Å². The van der Waals surface area contributed by atoms with Crippen molar-refractivity contribution in [3.8, 4) is 5.88 Å². The zero-order valence-corrected chi connectivity index (χ0v) is 18.3. The molecule has 2 N–H and O–H groups in total. The molecule has 0 atom stereocenters. The number of aromatic hydroxyl groups is 1. The van der Waals surface area contributed by atoms with E-state index in [0.717, 1.165) is 37.3 Å². The van der Waals surface area contributed by atoms with Crippen LogP contribution in [0.25, 0.3) is 10.9 Å². The second kappa shape index (κ2) is 8.52. The average molecular weight is 441 g/mol. The van der Waals surface area contributed by atoms with Gasteiger partial charge in [0.2, 0.25) is 0 Å². The van der Waals surface area contributed by atoms with Gasteiger partial charge in [0.15, 0.2) is 5.88 Å². The normalized spacial score (nSPS) is 14.4. The number of nitro benzene ring substituents is 1. The molecule has 33 heavy (non-hydrogen) atoms. The van der Waals surface area contributed by atoms with Gasteiger partial charge in [-0.25, -0.2) is 4.99 Å². The van der Waals surface area contributed by atoms with E-state index in [9.17, 15) is 15.2 Å². The zero-order chi connectivity index (χ0) is 22.9. The van der Waals surface area contributed by atoms with Crippen LogP contribution >= 0.6 is 0 Å². The summed E-state index contributed by atoms with van der Waals surface area (Å²) < 4.78 is 0. The maximum absolute atomic E-state index is 11.4. The van der Waals surface area contributed by atoms with Crippen molar-refractivity contribution in [3.63, 3.8) is 0 Å². The zero-order valence-electron chi connectivity index (χ0n) is 18.3. The molecule has 0 unspecified atom stereocenters. The lowest BCUT2D eigenvalue weighted by molar-refractivity contribution is -0.384. The largest absolute Gasteiger partial charge is 0.494 e. The first-order valence-electron chi connectivity index (χ1n) is 11.0. The van der Waals surface area contributed by atoms with Gasteiger partial charge in [-0.05, 0) is 42.3 Å². The van der Waals surface area contributed by atoms with Crippen LogP contribution < -0.4 is 0 Å². The number of rotatable bonds is 5. The molecular weight excluding hydrogens is 416 g/mol. The number of benzene rings is 3. The minimum Gasteiger partial charge on any atom is -0.494 e. The number of nitrogens with one attached hydrogen (secondary N) is 1. The van der Waals surface area contributed by atoms with Gasteiger partial charge in [-0.2, -0.15) is 0 Å². The summed E-state index contributed by atoms with van der Waals surface area (Å²) in [6.45, 7) is 5.12. The fraction of sp³-hybridized carbons (Fsp3) is 0.192. The molecule has 0 spiro atoms. The van der Waals surface area contributed by atoms with E-state index < -0.39 is 4.92 Å². The quantitative estimate of drug-likeness (QED) is 0.249. The van der Waals surface area contributed by atoms with E-state index in [4.69, 9.17) is 4.99 Å². The van der Waals surface area contributed by atoms with Gasteiger partial charge in [0.25, 0.3) is 5.69 Å². The van der Waals surface area contributed by atoms with E-state index in [1.807, 2.05) is 36.4 Å². The molecule has 1 aliphatic heterocycles. The van der Waals surface area contributed by atoms with Crippen LogP contribution in [0.3, 0.4) is 0 Å². The number of nitro groups is 1. The van der Waals surface area contributed by atoms with Crippen LogP contribution in [0.15, 0.2) is 71.7 Å². The van der Waals surface area contributed by atoms with Crippen LogP contribution in [0, 0.1) is 10.1 Å². The summed E-state index contributed by atoms with van der Waals surface area (Å²) in [5.41, 5.74) is 5.78. The molecule has 0 saturated heterocycles. The highest BCUT2D eigenvalue weighted by atomic mass is 16.6. The van der Waals surface area contributed by atoms with E-state index in [2.05, 4.69) is 28.9 Å². The number of likely N-dealkylation sites (N-methyl/N-ethyl adjacent to an activating group) is 1. The second-order valence-corrected chi connectivity index (χ2v) is 8.23. The molecule has 1 aliphatic rings. The van der Waals surface area contributed by atoms with Crippen LogP contribution in [0.2, 0.25) is 0 Å². The van der Waals surface area contributed by atoms with Crippen molar-refractivity contribution >= 4 is 28.0 Å². The monoisotopic (exact) mass is 440 g/mol. The van der Waals surface area contributed by atoms with E-state index in [-0.39, 0.29) is 11.6 Å². The number of hydrogen-bond acceptors (Lipinski definition) is 5. The molecule has 4 aromatic rings. The van der Waals surface area contributed by atoms with Crippen molar-refractivity contribution in [2.75, 3.05) is 13.1 Å². The molecule has 1 aromatic heterocycles. The van der Waals surface area contributed by atoms with Gasteiger partial charge >= 0.3 is 0 Å². The first kappa shape index (κ1) is 20.9. The van der Waals surface area contributed by atoms with Crippen LogP contribution in [0.5, 0.6) is 5.88 Å². The van der Waals surface area contributed by atoms with Crippen LogP contribution in [-0.2, 0) is 13.0 Å². The van der Waals surface area contributed by atoms with Gasteiger partial charge in [-0.15, -0.1) is 0 Å². The number of hydrogen-bond donors (Lipinski definition) is 2. The van der Waals surface area contributed by atoms with E-state index in [0.29, 0.717) is 22.2 Å². The summed E-state index contributed by atoms with van der Waals surface area (Å²) in [6, 6.07) is 20.3. The first-order chi connectivity index (χ1) is 16.0. The minimum absolute atomic E-state index is 0.0383. The third-order valence-electron chi connectivity index (χ3n) is 6.23. The Hall–Kier alpha value is -3.97. The Labute approximate surface area is 191 Å². The van der Waals surface area contributed by atoms with Crippen LogP contribution in [0.1, 0.15) is 29.2 Å². The Bertz CT molecular complexity index is 1380. The molecule has 0 bridgehead atoms. The predicted molar refractivity (Wildman–Crippen MR) is 129 cm³/mol. The smallest absolute Gasteiger partial charge is 0.270 e. The summed E-state index contributed by atoms with van der Waals surface area (Å²) in [6.07, 6.45) is 1.02. The topological polar surface area (TPSA) is 94.8 Å². The van der Waals surface area contributed by atoms with Gasteiger partial charge < -0.3 is 10.1 Å². The number of nitrogens with zero attached hydrogens (tertiary/aromatic N) is 3. The SMILES string of the molecule is CCN1CCc2ccc(N=C(c3ccccc3)c3c(O)[nH]c4ccc([N+](=O)[O-])cc34)cc2C1. The summed E-state index contributed by atoms with van der Waals surface area (Å²) in [5, 5.41) is 22.8. The van der Waals surface area contributed by atoms with Crippen molar-refractivity contribution in [1.82, 2.24) is 9.88 Å². The van der Waals surface area contributed by atoms with Gasteiger partial charge in [0, 0.05) is 41.7 Å². The molecule has 7 heteroatoms. The molecule has 0 radical (unpaired) electrons. The minimum atomic E-state index is -0.435. The molecular formula is C26H24N4O3. The Morgan fingerprint density at radius 2 is 1.94 bits per heavy atom. The van der Waals surface area contributed by atoms with Crippen LogP contribution in [0.4, 0.5) is 11.4 Å². The number of fused-ring (bicyclic) bond motifs is 2. The average Bonchev–Trinajstić information content (AvgIpc) is 3.17. The van der Waals surface area contributed by atoms with Gasteiger partial charge in [-0.1, -0.05) is 43.3 Å². The van der Waals surface area contributed by atoms with E-state index in [1.165, 1.54) is 23.3 Å². The second-order valence-electron chi connectivity index (χ2n) is 8.23. The van der Waals surface area contributed by atoms with E-state index in [1.54, 1.807) is 6.07 Å². The van der Waals surface area contributed by atoms with Gasteiger partial charge in [0.1, 0.15) is 0 Å². The molecule has 3 aromatic carbocycles. The number of aliphatic imine (C=N–C) groups is 1. The summed E-state index contributed by atoms with van der Waals surface area (Å²) in [7, 11) is 0. The number of aromatic nitrogens is 1. The standard InChI is InChI=1S/C26H24N4O3/c1-2-29-13-12-17-8-9-20(14-19(17)16-29)27-25(18-6-4-3-5-7-18)24-22-15-21(30(32)33)10-11-23(22)28-26(24)31/h3-11,14-15,28,31H,2,12-13,16H2,1H3. The molecule has 166 valence electrons. The third kappa shape index (κ3) is 3.99. The maximum atomic E-state index is 11.4. The summed E-state index contributed by atoms with van der Waals surface area (Å²) >= 11 is 0. The van der Waals surface area contributed by atoms with Gasteiger partial charge in [0.05, 0.1) is 21.9 Å². The molecule has 5 rings (SSSR count). The Morgan fingerprint density at radius 1 is 1.12 bits per heavy atom. The summed E-state index contributed by atoms with van der Waals surface area (Å²) in [5.74, 6) is -0.0665. The Morgan fingerprint density at radius 3 is 2.70 bits per heavy atom. The Balaban J connectivity index is 1.69. The van der Waals surface area contributed by atoms with E-state index >= 15 is 0 Å². The summed E-state index contributed by atoms with van der Waals surface area (Å²) in [4.78, 5) is 21.2. The van der Waals surface area contributed by atoms with Crippen molar-refractivity contribution in [1.29, 1.82) is 0 Å². The highest BCUT2D eigenvalue weighted by molar-refractivity contribution is 6.22. The molecule has 0 amide bonds. The van der Waals surface area contributed by atoms with Crippen LogP contribution in [-0.4, -0.2) is 38.7 Å².